The van der Waals surface area contributed by atoms with Crippen molar-refractivity contribution in [2.75, 3.05) is 0 Å². The number of hydrogen-bond donors (Lipinski definition) is 1. The minimum absolute atomic E-state index is 0. The molecule has 0 aliphatic carbocycles. The van der Waals surface area contributed by atoms with Gasteiger partial charge >= 0.3 is 0 Å². The molecule has 0 amide bonds. The van der Waals surface area contributed by atoms with Crippen LogP contribution < -0.4 is 5.73 Å². The first-order valence-corrected chi connectivity index (χ1v) is 3.60. The zero-order valence-electron chi connectivity index (χ0n) is 7.69. The van der Waals surface area contributed by atoms with E-state index in [1.54, 1.807) is 0 Å². The van der Waals surface area contributed by atoms with E-state index < -0.39 is 0 Å². The van der Waals surface area contributed by atoms with Crippen LogP contribution in [-0.2, 0) is 0 Å². The minimum Gasteiger partial charge on any atom is -0.325 e. The predicted octanol–water partition coefficient (Wildman–Crippen LogP) is 2.78. The first kappa shape index (κ1) is 13.3. The number of halogens is 1. The summed E-state index contributed by atoms with van der Waals surface area (Å²) in [5.74, 6) is 0. The highest BCUT2D eigenvalue weighted by Crippen LogP contribution is 2.30. The lowest BCUT2D eigenvalue weighted by molar-refractivity contribution is 0.194. The zero-order valence-corrected chi connectivity index (χ0v) is 10.0. The van der Waals surface area contributed by atoms with Crippen LogP contribution in [0.5, 0.6) is 0 Å². The summed E-state index contributed by atoms with van der Waals surface area (Å²) in [7, 11) is 0. The molecular weight excluding hydrogens is 237 g/mol. The Kier molecular flexibility index (Phi) is 5.19. The van der Waals surface area contributed by atoms with E-state index in [1.807, 2.05) is 0 Å². The van der Waals surface area contributed by atoms with Crippen LogP contribution in [0.4, 0.5) is 0 Å². The molecule has 0 spiro atoms. The SMILES string of the molecule is CCC(C)(C)C(C)(C)N.I. The van der Waals surface area contributed by atoms with Gasteiger partial charge in [-0.15, -0.1) is 24.0 Å². The molecule has 0 atom stereocenters. The largest absolute Gasteiger partial charge is 0.325 e. The molecule has 0 rings (SSSR count). The molecule has 0 aliphatic rings. The van der Waals surface area contributed by atoms with Gasteiger partial charge in [-0.05, 0) is 25.7 Å². The van der Waals surface area contributed by atoms with Crippen molar-refractivity contribution < 1.29 is 0 Å². The summed E-state index contributed by atoms with van der Waals surface area (Å²) in [5, 5.41) is 0. The Labute approximate surface area is 81.8 Å². The van der Waals surface area contributed by atoms with Gasteiger partial charge in [0, 0.05) is 5.54 Å². The summed E-state index contributed by atoms with van der Waals surface area (Å²) < 4.78 is 0. The summed E-state index contributed by atoms with van der Waals surface area (Å²) in [4.78, 5) is 0. The van der Waals surface area contributed by atoms with Crippen LogP contribution in [0.25, 0.3) is 0 Å². The Hall–Kier alpha value is 0.690. The molecule has 0 saturated carbocycles. The van der Waals surface area contributed by atoms with Gasteiger partial charge in [0.25, 0.3) is 0 Å². The molecule has 64 valence electrons. The Balaban J connectivity index is 0. The molecule has 0 heterocycles. The summed E-state index contributed by atoms with van der Waals surface area (Å²) in [6.45, 7) is 10.7. The van der Waals surface area contributed by atoms with Crippen LogP contribution in [0.2, 0.25) is 0 Å². The third-order valence-corrected chi connectivity index (χ3v) is 2.63. The van der Waals surface area contributed by atoms with Crippen LogP contribution in [0.3, 0.4) is 0 Å². The summed E-state index contributed by atoms with van der Waals surface area (Å²) >= 11 is 0. The molecule has 0 unspecified atom stereocenters. The molecule has 2 heteroatoms. The lowest BCUT2D eigenvalue weighted by Gasteiger charge is -2.37. The molecule has 0 saturated heterocycles. The van der Waals surface area contributed by atoms with Gasteiger partial charge in [0.15, 0.2) is 0 Å². The van der Waals surface area contributed by atoms with E-state index in [0.717, 1.165) is 6.42 Å². The summed E-state index contributed by atoms with van der Waals surface area (Å²) in [5.41, 5.74) is 6.13. The summed E-state index contributed by atoms with van der Waals surface area (Å²) in [6.07, 6.45) is 1.14. The van der Waals surface area contributed by atoms with Crippen molar-refractivity contribution in [1.29, 1.82) is 0 Å². The fourth-order valence-electron chi connectivity index (χ4n) is 0.456. The lowest BCUT2D eigenvalue weighted by Crippen LogP contribution is -2.46. The zero-order chi connectivity index (χ0) is 7.71. The van der Waals surface area contributed by atoms with E-state index in [-0.39, 0.29) is 34.9 Å². The van der Waals surface area contributed by atoms with Crippen LogP contribution in [0.1, 0.15) is 41.0 Å². The van der Waals surface area contributed by atoms with Gasteiger partial charge < -0.3 is 5.73 Å². The molecule has 1 nitrogen and oxygen atoms in total. The maximum absolute atomic E-state index is 5.92. The Morgan fingerprint density at radius 3 is 1.40 bits per heavy atom. The second-order valence-electron chi connectivity index (χ2n) is 3.96. The monoisotopic (exact) mass is 257 g/mol. The molecule has 0 aromatic carbocycles. The molecule has 0 aromatic heterocycles. The van der Waals surface area contributed by atoms with E-state index in [4.69, 9.17) is 5.73 Å². The first-order valence-electron chi connectivity index (χ1n) is 3.60. The van der Waals surface area contributed by atoms with E-state index in [2.05, 4.69) is 34.6 Å². The van der Waals surface area contributed by atoms with E-state index >= 15 is 0 Å². The van der Waals surface area contributed by atoms with Crippen molar-refractivity contribution in [2.45, 2.75) is 46.6 Å². The molecule has 2 N–H and O–H groups in total. The number of rotatable bonds is 2. The van der Waals surface area contributed by atoms with Gasteiger partial charge in [-0.1, -0.05) is 20.8 Å². The van der Waals surface area contributed by atoms with Crippen molar-refractivity contribution >= 4 is 24.0 Å². The quantitative estimate of drug-likeness (QED) is 0.756. The summed E-state index contributed by atoms with van der Waals surface area (Å²) in [6, 6.07) is 0. The Bertz CT molecular complexity index is 91.9. The van der Waals surface area contributed by atoms with Crippen LogP contribution >= 0.6 is 24.0 Å². The third kappa shape index (κ3) is 3.19. The van der Waals surface area contributed by atoms with E-state index in [1.165, 1.54) is 0 Å². The van der Waals surface area contributed by atoms with Crippen molar-refractivity contribution in [2.24, 2.45) is 11.1 Å². The van der Waals surface area contributed by atoms with Gasteiger partial charge in [-0.3, -0.25) is 0 Å². The smallest absolute Gasteiger partial charge is 0.0148 e. The standard InChI is InChI=1S/C8H19N.HI/c1-6-7(2,3)8(4,5)9;/h6,9H2,1-5H3;1H. The van der Waals surface area contributed by atoms with Crippen molar-refractivity contribution in [3.63, 3.8) is 0 Å². The van der Waals surface area contributed by atoms with Crippen molar-refractivity contribution in [3.8, 4) is 0 Å². The molecule has 0 fully saturated rings. The predicted molar refractivity (Wildman–Crippen MR) is 57.8 cm³/mol. The first-order chi connectivity index (χ1) is 3.81. The Morgan fingerprint density at radius 1 is 1.10 bits per heavy atom. The molecular formula is C8H20IN. The van der Waals surface area contributed by atoms with Gasteiger partial charge in [-0.25, -0.2) is 0 Å². The minimum atomic E-state index is -0.0538. The topological polar surface area (TPSA) is 26.0 Å². The van der Waals surface area contributed by atoms with Crippen LogP contribution in [0, 0.1) is 5.41 Å². The third-order valence-electron chi connectivity index (χ3n) is 2.63. The second kappa shape index (κ2) is 3.90. The van der Waals surface area contributed by atoms with Crippen molar-refractivity contribution in [1.82, 2.24) is 0 Å². The highest BCUT2D eigenvalue weighted by Gasteiger charge is 2.30. The number of hydrogen-bond acceptors (Lipinski definition) is 1. The van der Waals surface area contributed by atoms with E-state index in [0.29, 0.717) is 0 Å². The number of nitrogens with two attached hydrogens (primary N) is 1. The maximum Gasteiger partial charge on any atom is 0.0148 e. The average molecular weight is 257 g/mol. The highest BCUT2D eigenvalue weighted by molar-refractivity contribution is 14.0. The highest BCUT2D eigenvalue weighted by atomic mass is 127. The molecule has 0 bridgehead atoms. The van der Waals surface area contributed by atoms with Crippen LogP contribution in [-0.4, -0.2) is 5.54 Å². The fraction of sp³-hybridized carbons (Fsp3) is 1.00. The van der Waals surface area contributed by atoms with Gasteiger partial charge in [0.2, 0.25) is 0 Å². The second-order valence-corrected chi connectivity index (χ2v) is 3.96. The normalized spacial score (nSPS) is 12.6. The molecule has 0 aromatic rings. The molecule has 0 radical (unpaired) electrons. The van der Waals surface area contributed by atoms with Gasteiger partial charge in [0.05, 0.1) is 0 Å². The lowest BCUT2D eigenvalue weighted by atomic mass is 9.73. The molecule has 10 heavy (non-hydrogen) atoms. The van der Waals surface area contributed by atoms with Crippen molar-refractivity contribution in [3.05, 3.63) is 0 Å². The van der Waals surface area contributed by atoms with Gasteiger partial charge in [-0.2, -0.15) is 0 Å². The van der Waals surface area contributed by atoms with Gasteiger partial charge in [0.1, 0.15) is 0 Å². The maximum atomic E-state index is 5.92. The fourth-order valence-corrected chi connectivity index (χ4v) is 0.456. The Morgan fingerprint density at radius 2 is 1.40 bits per heavy atom. The molecule has 0 aliphatic heterocycles. The van der Waals surface area contributed by atoms with Crippen LogP contribution in [0.15, 0.2) is 0 Å². The van der Waals surface area contributed by atoms with E-state index in [9.17, 15) is 0 Å². The average Bonchev–Trinajstić information content (AvgIpc) is 1.64.